The van der Waals surface area contributed by atoms with Crippen LogP contribution in [0.3, 0.4) is 0 Å². The Hall–Kier alpha value is -2.57. The summed E-state index contributed by atoms with van der Waals surface area (Å²) in [6.45, 7) is 0. The number of nitrogens with two attached hydrogens (primary N) is 1. The van der Waals surface area contributed by atoms with Crippen LogP contribution >= 0.6 is 0 Å². The number of nitrogens with zero attached hydrogens (tertiary/aromatic N) is 1. The zero-order valence-electron chi connectivity index (χ0n) is 10.1. The Morgan fingerprint density at radius 3 is 2.55 bits per heavy atom. The highest BCUT2D eigenvalue weighted by Crippen LogP contribution is 2.34. The molecule has 1 aromatic carbocycles. The Morgan fingerprint density at radius 1 is 1.20 bits per heavy atom. The molecule has 0 fully saturated rings. The molecule has 0 saturated carbocycles. The number of hydrogen-bond acceptors (Lipinski definition) is 3. The Morgan fingerprint density at radius 2 is 1.90 bits per heavy atom. The molecule has 1 aromatic heterocycles. The Bertz CT molecular complexity index is 641. The molecular weight excluding hydrogens is 271 g/mol. The summed E-state index contributed by atoms with van der Waals surface area (Å²) in [6, 6.07) is 6.06. The van der Waals surface area contributed by atoms with E-state index in [2.05, 4.69) is 10.3 Å². The Labute approximate surface area is 112 Å². The molecule has 20 heavy (non-hydrogen) atoms. The highest BCUT2D eigenvalue weighted by Gasteiger charge is 2.33. The van der Waals surface area contributed by atoms with Crippen LogP contribution in [-0.2, 0) is 6.18 Å². The van der Waals surface area contributed by atoms with Crippen molar-refractivity contribution >= 4 is 17.3 Å². The van der Waals surface area contributed by atoms with Gasteiger partial charge in [-0.3, -0.25) is 9.78 Å². The average Bonchev–Trinajstić information content (AvgIpc) is 2.38. The molecule has 0 aliphatic rings. The van der Waals surface area contributed by atoms with Crippen LogP contribution in [0.4, 0.5) is 24.5 Å². The zero-order chi connectivity index (χ0) is 14.8. The topological polar surface area (TPSA) is 68.0 Å². The highest BCUT2D eigenvalue weighted by molar-refractivity contribution is 6.07. The molecule has 1 heterocycles. The number of aromatic nitrogens is 1. The van der Waals surface area contributed by atoms with E-state index in [1.165, 1.54) is 36.7 Å². The molecule has 4 nitrogen and oxygen atoms in total. The van der Waals surface area contributed by atoms with Crippen LogP contribution in [0.15, 0.2) is 42.7 Å². The second kappa shape index (κ2) is 5.20. The number of alkyl halides is 3. The van der Waals surface area contributed by atoms with Gasteiger partial charge < -0.3 is 11.1 Å². The smallest absolute Gasteiger partial charge is 0.397 e. The van der Waals surface area contributed by atoms with Crippen molar-refractivity contribution in [1.29, 1.82) is 0 Å². The Kier molecular flexibility index (Phi) is 3.60. The van der Waals surface area contributed by atoms with Gasteiger partial charge in [-0.05, 0) is 18.2 Å². The van der Waals surface area contributed by atoms with Crippen molar-refractivity contribution in [2.24, 2.45) is 0 Å². The summed E-state index contributed by atoms with van der Waals surface area (Å²) in [5.41, 5.74) is 4.48. The number of carbonyl (C=O) groups is 1. The van der Waals surface area contributed by atoms with E-state index in [9.17, 15) is 18.0 Å². The molecule has 104 valence electrons. The molecule has 0 aliphatic heterocycles. The minimum atomic E-state index is -4.55. The van der Waals surface area contributed by atoms with Crippen LogP contribution in [0.25, 0.3) is 0 Å². The van der Waals surface area contributed by atoms with E-state index < -0.39 is 17.6 Å². The predicted molar refractivity (Wildman–Crippen MR) is 68.0 cm³/mol. The number of hydrogen-bond donors (Lipinski definition) is 2. The number of carbonyl (C=O) groups excluding carboxylic acids is 1. The minimum absolute atomic E-state index is 0.0666. The number of pyridine rings is 1. The average molecular weight is 281 g/mol. The summed E-state index contributed by atoms with van der Waals surface area (Å²) < 4.78 is 38.4. The van der Waals surface area contributed by atoms with Gasteiger partial charge in [0.25, 0.3) is 5.91 Å². The van der Waals surface area contributed by atoms with Crippen molar-refractivity contribution in [2.75, 3.05) is 11.1 Å². The maximum absolute atomic E-state index is 12.8. The molecule has 7 heteroatoms. The summed E-state index contributed by atoms with van der Waals surface area (Å²) in [7, 11) is 0. The van der Waals surface area contributed by atoms with E-state index >= 15 is 0 Å². The number of nitrogen functional groups attached to an aromatic ring is 1. The molecule has 0 aliphatic carbocycles. The first-order valence-corrected chi connectivity index (χ1v) is 5.56. The van der Waals surface area contributed by atoms with Crippen LogP contribution in [-0.4, -0.2) is 10.9 Å². The van der Waals surface area contributed by atoms with Gasteiger partial charge in [-0.1, -0.05) is 12.1 Å². The summed E-state index contributed by atoms with van der Waals surface area (Å²) in [5, 5.41) is 2.21. The molecule has 0 saturated heterocycles. The molecule has 0 spiro atoms. The predicted octanol–water partition coefficient (Wildman–Crippen LogP) is 2.93. The quantitative estimate of drug-likeness (QED) is 0.889. The highest BCUT2D eigenvalue weighted by atomic mass is 19.4. The first kappa shape index (κ1) is 13.9. The number of nitrogens with one attached hydrogen (secondary N) is 1. The molecule has 2 aromatic rings. The summed E-state index contributed by atoms with van der Waals surface area (Å²) in [5.74, 6) is -0.721. The fraction of sp³-hybridized carbons (Fsp3) is 0.0769. The van der Waals surface area contributed by atoms with Crippen LogP contribution in [0.2, 0.25) is 0 Å². The van der Waals surface area contributed by atoms with Crippen LogP contribution in [0.1, 0.15) is 15.9 Å². The molecule has 2 rings (SSSR count). The van der Waals surface area contributed by atoms with E-state index in [0.717, 1.165) is 6.07 Å². The number of anilines is 2. The fourth-order valence-corrected chi connectivity index (χ4v) is 1.64. The van der Waals surface area contributed by atoms with Gasteiger partial charge in [0.2, 0.25) is 0 Å². The van der Waals surface area contributed by atoms with Gasteiger partial charge in [-0.15, -0.1) is 0 Å². The van der Waals surface area contributed by atoms with Gasteiger partial charge in [0, 0.05) is 6.20 Å². The third-order valence-electron chi connectivity index (χ3n) is 2.58. The van der Waals surface area contributed by atoms with Gasteiger partial charge >= 0.3 is 6.18 Å². The van der Waals surface area contributed by atoms with Crippen molar-refractivity contribution < 1.29 is 18.0 Å². The van der Waals surface area contributed by atoms with E-state index in [1.54, 1.807) is 0 Å². The van der Waals surface area contributed by atoms with Gasteiger partial charge in [-0.2, -0.15) is 13.2 Å². The monoisotopic (exact) mass is 281 g/mol. The number of rotatable bonds is 2. The molecule has 0 radical (unpaired) electrons. The molecule has 0 unspecified atom stereocenters. The fourth-order valence-electron chi connectivity index (χ4n) is 1.64. The maximum Gasteiger partial charge on any atom is 0.418 e. The van der Waals surface area contributed by atoms with Gasteiger partial charge in [0.05, 0.1) is 28.7 Å². The summed E-state index contributed by atoms with van der Waals surface area (Å²) in [4.78, 5) is 15.6. The molecule has 1 amide bonds. The van der Waals surface area contributed by atoms with Gasteiger partial charge in [0.15, 0.2) is 0 Å². The number of para-hydroxylation sites is 1. The zero-order valence-corrected chi connectivity index (χ0v) is 10.1. The largest absolute Gasteiger partial charge is 0.418 e. The van der Waals surface area contributed by atoms with Gasteiger partial charge in [0.1, 0.15) is 0 Å². The van der Waals surface area contributed by atoms with Crippen molar-refractivity contribution in [1.82, 2.24) is 4.98 Å². The lowest BCUT2D eigenvalue weighted by Gasteiger charge is -2.13. The molecule has 3 N–H and O–H groups in total. The van der Waals surface area contributed by atoms with Gasteiger partial charge in [-0.25, -0.2) is 0 Å². The van der Waals surface area contributed by atoms with Crippen LogP contribution in [0.5, 0.6) is 0 Å². The minimum Gasteiger partial charge on any atom is -0.397 e. The lowest BCUT2D eigenvalue weighted by molar-refractivity contribution is -0.136. The second-order valence-corrected chi connectivity index (χ2v) is 3.96. The third-order valence-corrected chi connectivity index (χ3v) is 2.58. The van der Waals surface area contributed by atoms with E-state index in [0.29, 0.717) is 0 Å². The SMILES string of the molecule is Nc1cnccc1C(=O)Nc1ccccc1C(F)(F)F. The lowest BCUT2D eigenvalue weighted by atomic mass is 10.1. The third kappa shape index (κ3) is 2.87. The van der Waals surface area contributed by atoms with Crippen molar-refractivity contribution in [3.63, 3.8) is 0 Å². The number of halogens is 3. The first-order valence-electron chi connectivity index (χ1n) is 5.56. The number of amides is 1. The standard InChI is InChI=1S/C13H10F3N3O/c14-13(15,16)9-3-1-2-4-11(9)19-12(20)8-5-6-18-7-10(8)17/h1-7H,17H2,(H,19,20). The lowest BCUT2D eigenvalue weighted by Crippen LogP contribution is -2.17. The summed E-state index contributed by atoms with van der Waals surface area (Å²) >= 11 is 0. The van der Waals surface area contributed by atoms with Crippen LogP contribution in [0, 0.1) is 0 Å². The van der Waals surface area contributed by atoms with E-state index in [4.69, 9.17) is 5.73 Å². The second-order valence-electron chi connectivity index (χ2n) is 3.96. The molecule has 0 atom stereocenters. The van der Waals surface area contributed by atoms with Crippen molar-refractivity contribution in [2.45, 2.75) is 6.18 Å². The Balaban J connectivity index is 2.32. The first-order chi connectivity index (χ1) is 9.39. The van der Waals surface area contributed by atoms with Crippen LogP contribution < -0.4 is 11.1 Å². The van der Waals surface area contributed by atoms with Crippen molar-refractivity contribution in [3.05, 3.63) is 53.9 Å². The summed E-state index contributed by atoms with van der Waals surface area (Å²) in [6.07, 6.45) is -1.96. The normalized spacial score (nSPS) is 11.2. The molecular formula is C13H10F3N3O. The maximum atomic E-state index is 12.8. The van der Waals surface area contributed by atoms with E-state index in [1.807, 2.05) is 0 Å². The molecule has 0 bridgehead atoms. The van der Waals surface area contributed by atoms with E-state index in [-0.39, 0.29) is 16.9 Å². The van der Waals surface area contributed by atoms with Crippen molar-refractivity contribution in [3.8, 4) is 0 Å². The number of benzene rings is 1.